The van der Waals surface area contributed by atoms with Gasteiger partial charge in [0.1, 0.15) is 12.0 Å². The van der Waals surface area contributed by atoms with Crippen LogP contribution in [0.1, 0.15) is 29.3 Å². The number of aromatic nitrogens is 1. The maximum absolute atomic E-state index is 12.0. The summed E-state index contributed by atoms with van der Waals surface area (Å²) < 4.78 is 4.76. The Morgan fingerprint density at radius 1 is 1.36 bits per heavy atom. The summed E-state index contributed by atoms with van der Waals surface area (Å²) in [4.78, 5) is 36.8. The average molecular weight is 299 g/mol. The lowest BCUT2D eigenvalue weighted by molar-refractivity contribution is -0.141. The molecule has 0 amide bonds. The number of hydrogen-bond acceptors (Lipinski definition) is 4. The zero-order valence-corrected chi connectivity index (χ0v) is 11.8. The molecule has 0 saturated carbocycles. The minimum atomic E-state index is -1.28. The Morgan fingerprint density at radius 2 is 2.14 bits per heavy atom. The number of esters is 1. The van der Waals surface area contributed by atoms with Gasteiger partial charge in [0.05, 0.1) is 12.1 Å². The Balaban J connectivity index is 2.31. The highest BCUT2D eigenvalue weighted by Crippen LogP contribution is 2.10. The predicted octanol–water partition coefficient (Wildman–Crippen LogP) is 1.53. The van der Waals surface area contributed by atoms with Crippen molar-refractivity contribution in [2.45, 2.75) is 13.3 Å². The molecule has 0 spiro atoms. The Labute approximate surface area is 125 Å². The number of carboxylic acids is 1. The first kappa shape index (κ1) is 15.3. The molecule has 6 heteroatoms. The van der Waals surface area contributed by atoms with Crippen molar-refractivity contribution in [1.29, 1.82) is 0 Å². The number of carbonyl (C=O) groups is 2. The Kier molecular flexibility index (Phi) is 4.59. The number of aromatic carboxylic acids is 1. The van der Waals surface area contributed by atoms with Crippen LogP contribution in [-0.4, -0.2) is 28.6 Å². The molecule has 6 nitrogen and oxygen atoms in total. The van der Waals surface area contributed by atoms with E-state index in [0.717, 1.165) is 6.20 Å². The van der Waals surface area contributed by atoms with E-state index >= 15 is 0 Å². The van der Waals surface area contributed by atoms with Crippen LogP contribution in [-0.2, 0) is 9.53 Å². The minimum Gasteiger partial charge on any atom is -0.477 e. The first-order chi connectivity index (χ1) is 10.5. The largest absolute Gasteiger partial charge is 0.477 e. The van der Waals surface area contributed by atoms with Crippen LogP contribution in [0.5, 0.6) is 0 Å². The van der Waals surface area contributed by atoms with Crippen LogP contribution in [0.3, 0.4) is 0 Å². The van der Waals surface area contributed by atoms with Crippen LogP contribution in [0.4, 0.5) is 0 Å². The van der Waals surface area contributed by atoms with Crippen molar-refractivity contribution < 1.29 is 19.4 Å². The highest BCUT2D eigenvalue weighted by Gasteiger charge is 2.11. The lowest BCUT2D eigenvalue weighted by Gasteiger charge is -2.00. The molecule has 2 N–H and O–H groups in total. The number of pyridine rings is 1. The van der Waals surface area contributed by atoms with Gasteiger partial charge in [-0.1, -0.05) is 11.8 Å². The van der Waals surface area contributed by atoms with Crippen molar-refractivity contribution in [2.24, 2.45) is 0 Å². The molecule has 22 heavy (non-hydrogen) atoms. The van der Waals surface area contributed by atoms with Gasteiger partial charge < -0.3 is 14.8 Å². The molecular weight excluding hydrogens is 286 g/mol. The molecular formula is C16H13NO5. The maximum Gasteiger partial charge on any atom is 0.341 e. The van der Waals surface area contributed by atoms with E-state index in [-0.39, 0.29) is 17.4 Å². The van der Waals surface area contributed by atoms with E-state index in [1.54, 1.807) is 19.1 Å². The monoisotopic (exact) mass is 299 g/mol. The number of hydrogen-bond donors (Lipinski definition) is 2. The normalized spacial score (nSPS) is 9.86. The Hall–Kier alpha value is -3.07. The molecule has 112 valence electrons. The van der Waals surface area contributed by atoms with Crippen LogP contribution >= 0.6 is 0 Å². The molecule has 0 atom stereocenters. The van der Waals surface area contributed by atoms with E-state index < -0.39 is 17.4 Å². The standard InChI is InChI=1S/C16H13NO5/c1-2-22-14(18)5-3-4-10-6-7-11-13(8-10)17-9-12(15(11)19)16(20)21/h6-9H,2,5H2,1H3,(H,17,19)(H,20,21). The van der Waals surface area contributed by atoms with Crippen LogP contribution < -0.4 is 5.43 Å². The molecule has 0 fully saturated rings. The topological polar surface area (TPSA) is 96.5 Å². The zero-order chi connectivity index (χ0) is 16.1. The van der Waals surface area contributed by atoms with Gasteiger partial charge in [0.25, 0.3) is 0 Å². The highest BCUT2D eigenvalue weighted by molar-refractivity contribution is 5.92. The van der Waals surface area contributed by atoms with E-state index in [9.17, 15) is 14.4 Å². The second-order valence-corrected chi connectivity index (χ2v) is 4.38. The van der Waals surface area contributed by atoms with E-state index in [2.05, 4.69) is 16.8 Å². The van der Waals surface area contributed by atoms with Gasteiger partial charge in [-0.15, -0.1) is 0 Å². The molecule has 1 aromatic heterocycles. The van der Waals surface area contributed by atoms with Gasteiger partial charge in [0, 0.05) is 17.1 Å². The van der Waals surface area contributed by atoms with Crippen LogP contribution in [0.25, 0.3) is 10.9 Å². The molecule has 0 aliphatic carbocycles. The first-order valence-corrected chi connectivity index (χ1v) is 6.56. The van der Waals surface area contributed by atoms with Crippen LogP contribution in [0, 0.1) is 11.8 Å². The summed E-state index contributed by atoms with van der Waals surface area (Å²) in [7, 11) is 0. The maximum atomic E-state index is 12.0. The molecule has 0 aliphatic heterocycles. The Bertz CT molecular complexity index is 854. The molecule has 1 heterocycles. The molecule has 1 aromatic carbocycles. The molecule has 2 rings (SSSR count). The molecule has 0 radical (unpaired) electrons. The fraction of sp³-hybridized carbons (Fsp3) is 0.188. The van der Waals surface area contributed by atoms with Gasteiger partial charge in [-0.25, -0.2) is 4.79 Å². The third-order valence-electron chi connectivity index (χ3n) is 2.88. The van der Waals surface area contributed by atoms with Crippen molar-refractivity contribution >= 4 is 22.8 Å². The summed E-state index contributed by atoms with van der Waals surface area (Å²) >= 11 is 0. The number of H-pyrrole nitrogens is 1. The number of ether oxygens (including phenoxy) is 1. The number of rotatable bonds is 3. The highest BCUT2D eigenvalue weighted by atomic mass is 16.5. The second-order valence-electron chi connectivity index (χ2n) is 4.38. The van der Waals surface area contributed by atoms with E-state index in [1.165, 1.54) is 6.07 Å². The summed E-state index contributed by atoms with van der Waals surface area (Å²) in [5.74, 6) is 3.81. The van der Waals surface area contributed by atoms with Crippen molar-refractivity contribution in [2.75, 3.05) is 6.61 Å². The number of fused-ring (bicyclic) bond motifs is 1. The number of carboxylic acid groups (broad SMARTS) is 1. The number of benzene rings is 1. The van der Waals surface area contributed by atoms with Crippen molar-refractivity contribution in [3.05, 3.63) is 45.7 Å². The van der Waals surface area contributed by atoms with Crippen molar-refractivity contribution in [1.82, 2.24) is 4.98 Å². The van der Waals surface area contributed by atoms with Gasteiger partial charge in [-0.3, -0.25) is 9.59 Å². The van der Waals surface area contributed by atoms with Gasteiger partial charge in [-0.2, -0.15) is 0 Å². The third kappa shape index (κ3) is 3.33. The number of nitrogens with one attached hydrogen (secondary N) is 1. The van der Waals surface area contributed by atoms with Gasteiger partial charge in [0.2, 0.25) is 5.43 Å². The summed E-state index contributed by atoms with van der Waals surface area (Å²) in [6.07, 6.45) is 1.14. The molecule has 0 bridgehead atoms. The lowest BCUT2D eigenvalue weighted by Crippen LogP contribution is -2.15. The smallest absolute Gasteiger partial charge is 0.341 e. The second kappa shape index (κ2) is 6.59. The summed E-state index contributed by atoms with van der Waals surface area (Å²) in [6.45, 7) is 2.03. The van der Waals surface area contributed by atoms with E-state index in [0.29, 0.717) is 17.7 Å². The van der Waals surface area contributed by atoms with E-state index in [1.807, 2.05) is 0 Å². The number of carbonyl (C=O) groups excluding carboxylic acids is 1. The Morgan fingerprint density at radius 3 is 2.82 bits per heavy atom. The molecule has 0 aliphatic rings. The summed E-state index contributed by atoms with van der Waals surface area (Å²) in [5, 5.41) is 9.18. The lowest BCUT2D eigenvalue weighted by atomic mass is 10.1. The number of aromatic amines is 1. The fourth-order valence-corrected chi connectivity index (χ4v) is 1.89. The summed E-state index contributed by atoms with van der Waals surface area (Å²) in [6, 6.07) is 4.73. The average Bonchev–Trinajstić information content (AvgIpc) is 2.47. The quantitative estimate of drug-likeness (QED) is 0.662. The molecule has 0 unspecified atom stereocenters. The van der Waals surface area contributed by atoms with Crippen molar-refractivity contribution in [3.63, 3.8) is 0 Å². The predicted molar refractivity (Wildman–Crippen MR) is 79.7 cm³/mol. The summed E-state index contributed by atoms with van der Waals surface area (Å²) in [5.41, 5.74) is 0.231. The van der Waals surface area contributed by atoms with Crippen LogP contribution in [0.15, 0.2) is 29.2 Å². The van der Waals surface area contributed by atoms with Crippen LogP contribution in [0.2, 0.25) is 0 Å². The minimum absolute atomic E-state index is 0.0135. The van der Waals surface area contributed by atoms with Gasteiger partial charge in [0.15, 0.2) is 0 Å². The zero-order valence-electron chi connectivity index (χ0n) is 11.8. The molecule has 2 aromatic rings. The fourth-order valence-electron chi connectivity index (χ4n) is 1.89. The first-order valence-electron chi connectivity index (χ1n) is 6.56. The van der Waals surface area contributed by atoms with Crippen molar-refractivity contribution in [3.8, 4) is 11.8 Å². The SMILES string of the molecule is CCOC(=O)CC#Cc1ccc2c(=O)c(C(=O)O)c[nH]c2c1. The molecule has 0 saturated heterocycles. The van der Waals surface area contributed by atoms with Gasteiger partial charge >= 0.3 is 11.9 Å². The third-order valence-corrected chi connectivity index (χ3v) is 2.88. The van der Waals surface area contributed by atoms with E-state index in [4.69, 9.17) is 9.84 Å². The van der Waals surface area contributed by atoms with Gasteiger partial charge in [-0.05, 0) is 25.1 Å².